The molecule has 3 heteroatoms. The maximum atomic E-state index is 2.66. The maximum absolute atomic E-state index is 2.66. The zero-order valence-corrected chi connectivity index (χ0v) is 23.9. The lowest BCUT2D eigenvalue weighted by Crippen LogP contribution is -2.57. The fourth-order valence-electron chi connectivity index (χ4n) is 5.71. The van der Waals surface area contributed by atoms with Gasteiger partial charge in [-0.2, -0.15) is 0 Å². The molecular weight excluding hydrogens is 439 g/mol. The average molecular weight is 479 g/mol. The summed E-state index contributed by atoms with van der Waals surface area (Å²) < 4.78 is 0. The molecule has 0 radical (unpaired) electrons. The van der Waals surface area contributed by atoms with Crippen molar-refractivity contribution in [1.29, 1.82) is 0 Å². The maximum Gasteiger partial charge on any atom is 0.203 e. The van der Waals surface area contributed by atoms with Crippen molar-refractivity contribution in [3.8, 4) is 0 Å². The Morgan fingerprint density at radius 2 is 0.824 bits per heavy atom. The molecule has 0 aliphatic carbocycles. The molecule has 1 aliphatic heterocycles. The summed E-state index contributed by atoms with van der Waals surface area (Å²) in [7, 11) is -3.22. The van der Waals surface area contributed by atoms with Gasteiger partial charge in [0.2, 0.25) is 6.71 Å². The van der Waals surface area contributed by atoms with Crippen molar-refractivity contribution in [2.45, 2.75) is 59.2 Å². The molecule has 0 unspecified atom stereocenters. The zero-order valence-electron chi connectivity index (χ0n) is 21.9. The van der Waals surface area contributed by atoms with Gasteiger partial charge in [0.05, 0.1) is 15.2 Å². The summed E-state index contributed by atoms with van der Waals surface area (Å²) in [5, 5.41) is 3.52. The summed E-state index contributed by atoms with van der Waals surface area (Å²) in [6, 6.07) is 33.5. The van der Waals surface area contributed by atoms with E-state index in [0.29, 0.717) is 6.71 Å². The summed E-state index contributed by atoms with van der Waals surface area (Å²) in [6.45, 7) is 16.1. The van der Waals surface area contributed by atoms with Crippen LogP contribution in [0.25, 0.3) is 0 Å². The highest BCUT2D eigenvalue weighted by atomic mass is 29.3. The minimum atomic E-state index is -1.61. The first-order chi connectivity index (χ1) is 16.2. The van der Waals surface area contributed by atoms with Gasteiger partial charge in [-0.15, -0.1) is 0 Å². The molecule has 0 saturated heterocycles. The molecule has 1 aliphatic rings. The van der Waals surface area contributed by atoms with Gasteiger partial charge in [-0.3, -0.25) is 0 Å². The fraction of sp³-hybridized carbons (Fsp3) is 0.290. The molecule has 3 aromatic rings. The molecule has 0 saturated carbocycles. The SMILES string of the molecule is CC1=C(Cc2ccccc2)B(Cc2ccccc2)C(Cc2ccccc2)=C(C)[Si](C)(C)[Si]1(C)C. The highest BCUT2D eigenvalue weighted by Gasteiger charge is 2.48. The first-order valence-corrected chi connectivity index (χ1v) is 19.7. The summed E-state index contributed by atoms with van der Waals surface area (Å²) in [5.41, 5.74) is 7.74. The lowest BCUT2D eigenvalue weighted by Gasteiger charge is -2.41. The van der Waals surface area contributed by atoms with E-state index in [1.54, 1.807) is 21.3 Å². The molecule has 1 heterocycles. The Bertz CT molecular complexity index is 1100. The third-order valence-corrected chi connectivity index (χ3v) is 28.1. The molecule has 3 aromatic carbocycles. The van der Waals surface area contributed by atoms with E-state index in [0.717, 1.165) is 19.2 Å². The molecular formula is C31H39BSi2. The van der Waals surface area contributed by atoms with Crippen LogP contribution in [0.1, 0.15) is 30.5 Å². The largest absolute Gasteiger partial charge is 0.203 e. The highest BCUT2D eigenvalue weighted by Crippen LogP contribution is 2.41. The van der Waals surface area contributed by atoms with Crippen LogP contribution < -0.4 is 0 Å². The summed E-state index contributed by atoms with van der Waals surface area (Å²) in [4.78, 5) is 0. The number of hydrogen-bond acceptors (Lipinski definition) is 0. The standard InChI is InChI=1S/C31H39BSi2/c1-25-30(22-27-16-10-7-11-17-27)32(24-29-20-14-9-15-21-29)31(23-28-18-12-8-13-19-28)26(2)34(5,6)33(25,3)4/h7-21H,22-24H2,1-6H3. The van der Waals surface area contributed by atoms with E-state index < -0.39 is 15.2 Å². The predicted octanol–water partition coefficient (Wildman–Crippen LogP) is 8.05. The minimum Gasteiger partial charge on any atom is -0.0963 e. The molecule has 0 fully saturated rings. The van der Waals surface area contributed by atoms with Gasteiger partial charge in [0.15, 0.2) is 0 Å². The van der Waals surface area contributed by atoms with Gasteiger partial charge in [-0.25, -0.2) is 0 Å². The summed E-state index contributed by atoms with van der Waals surface area (Å²) in [6.07, 6.45) is 3.22. The Kier molecular flexibility index (Phi) is 7.35. The molecule has 0 N–H and O–H groups in total. The molecule has 0 bridgehead atoms. The lowest BCUT2D eigenvalue weighted by atomic mass is 9.35. The van der Waals surface area contributed by atoms with Crippen molar-refractivity contribution in [2.75, 3.05) is 0 Å². The van der Waals surface area contributed by atoms with Crippen molar-refractivity contribution in [1.82, 2.24) is 0 Å². The number of benzene rings is 3. The quantitative estimate of drug-likeness (QED) is 0.314. The second-order valence-corrected chi connectivity index (χ2v) is 26.6. The van der Waals surface area contributed by atoms with Crippen molar-refractivity contribution in [2.24, 2.45) is 0 Å². The summed E-state index contributed by atoms with van der Waals surface area (Å²) in [5.74, 6) is 0. The summed E-state index contributed by atoms with van der Waals surface area (Å²) >= 11 is 0. The average Bonchev–Trinajstić information content (AvgIpc) is 2.88. The van der Waals surface area contributed by atoms with Crippen LogP contribution in [-0.2, 0) is 19.2 Å². The van der Waals surface area contributed by atoms with Crippen LogP contribution in [0.3, 0.4) is 0 Å². The van der Waals surface area contributed by atoms with Crippen molar-refractivity contribution in [3.63, 3.8) is 0 Å². The Balaban J connectivity index is 1.93. The molecule has 0 atom stereocenters. The van der Waals surface area contributed by atoms with E-state index in [-0.39, 0.29) is 0 Å². The molecule has 34 heavy (non-hydrogen) atoms. The Hall–Kier alpha value is -2.36. The van der Waals surface area contributed by atoms with Gasteiger partial charge in [-0.05, 0) is 44.1 Å². The zero-order chi connectivity index (χ0) is 24.3. The van der Waals surface area contributed by atoms with Crippen LogP contribution >= 0.6 is 0 Å². The Morgan fingerprint density at radius 1 is 0.500 bits per heavy atom. The van der Waals surface area contributed by atoms with E-state index in [1.807, 2.05) is 0 Å². The van der Waals surface area contributed by atoms with Crippen LogP contribution in [0.5, 0.6) is 0 Å². The molecule has 0 spiro atoms. The third kappa shape index (κ3) is 4.87. The predicted molar refractivity (Wildman–Crippen MR) is 157 cm³/mol. The highest BCUT2D eigenvalue weighted by molar-refractivity contribution is 7.46. The molecule has 0 aromatic heterocycles. The van der Waals surface area contributed by atoms with Crippen molar-refractivity contribution < 1.29 is 0 Å². The van der Waals surface area contributed by atoms with Crippen LogP contribution in [0.4, 0.5) is 0 Å². The second kappa shape index (κ2) is 10.1. The van der Waals surface area contributed by atoms with E-state index in [9.17, 15) is 0 Å². The fourth-order valence-corrected chi connectivity index (χ4v) is 16.3. The minimum absolute atomic E-state index is 0.462. The van der Waals surface area contributed by atoms with Crippen LogP contribution in [-0.4, -0.2) is 21.9 Å². The lowest BCUT2D eigenvalue weighted by molar-refractivity contribution is 1.15. The van der Waals surface area contributed by atoms with E-state index in [2.05, 4.69) is 131 Å². The van der Waals surface area contributed by atoms with Gasteiger partial charge in [-0.1, -0.05) is 144 Å². The van der Waals surface area contributed by atoms with Gasteiger partial charge in [0.1, 0.15) is 0 Å². The van der Waals surface area contributed by atoms with Crippen LogP contribution in [0.2, 0.25) is 26.2 Å². The Labute approximate surface area is 209 Å². The van der Waals surface area contributed by atoms with Gasteiger partial charge >= 0.3 is 0 Å². The smallest absolute Gasteiger partial charge is 0.0963 e. The molecule has 0 nitrogen and oxygen atoms in total. The first kappa shape index (κ1) is 24.8. The van der Waals surface area contributed by atoms with Gasteiger partial charge in [0, 0.05) is 0 Å². The number of allylic oxidation sites excluding steroid dienone is 4. The third-order valence-electron chi connectivity index (χ3n) is 9.00. The number of rotatable bonds is 6. The monoisotopic (exact) mass is 478 g/mol. The van der Waals surface area contributed by atoms with E-state index in [1.165, 1.54) is 16.7 Å². The van der Waals surface area contributed by atoms with Gasteiger partial charge < -0.3 is 0 Å². The van der Waals surface area contributed by atoms with Crippen LogP contribution in [0.15, 0.2) is 112 Å². The van der Waals surface area contributed by atoms with E-state index >= 15 is 0 Å². The van der Waals surface area contributed by atoms with Crippen LogP contribution in [0, 0.1) is 0 Å². The van der Waals surface area contributed by atoms with Crippen molar-refractivity contribution >= 4 is 21.9 Å². The Morgan fingerprint density at radius 3 is 1.18 bits per heavy atom. The van der Waals surface area contributed by atoms with E-state index in [4.69, 9.17) is 0 Å². The molecule has 174 valence electrons. The van der Waals surface area contributed by atoms with Gasteiger partial charge in [0.25, 0.3) is 0 Å². The topological polar surface area (TPSA) is 0 Å². The first-order valence-electron chi connectivity index (χ1n) is 12.7. The number of hydrogen-bond donors (Lipinski definition) is 0. The normalized spacial score (nSPS) is 17.6. The molecule has 0 amide bonds. The van der Waals surface area contributed by atoms with Crippen molar-refractivity contribution in [3.05, 3.63) is 129 Å². The molecule has 4 rings (SSSR count). The second-order valence-electron chi connectivity index (χ2n) is 11.1.